The zero-order chi connectivity index (χ0) is 23.5. The maximum atomic E-state index is 13.7. The van der Waals surface area contributed by atoms with Crippen LogP contribution in [-0.4, -0.2) is 36.8 Å². The van der Waals surface area contributed by atoms with Crippen molar-refractivity contribution < 1.29 is 19.1 Å². The molecule has 0 aliphatic carbocycles. The molecule has 7 heteroatoms. The Bertz CT molecular complexity index is 1210. The van der Waals surface area contributed by atoms with Crippen LogP contribution in [0.5, 0.6) is 5.75 Å². The summed E-state index contributed by atoms with van der Waals surface area (Å²) in [7, 11) is 3.30. The molecular formula is C26H25N3O4. The van der Waals surface area contributed by atoms with Crippen LogP contribution in [0.4, 0.5) is 11.4 Å². The van der Waals surface area contributed by atoms with Gasteiger partial charge in [0.1, 0.15) is 5.75 Å². The van der Waals surface area contributed by atoms with Gasteiger partial charge in [0, 0.05) is 30.9 Å². The van der Waals surface area contributed by atoms with E-state index in [1.165, 1.54) is 6.92 Å². The molecule has 0 unspecified atom stereocenters. The van der Waals surface area contributed by atoms with Gasteiger partial charge in [0.05, 0.1) is 19.1 Å². The summed E-state index contributed by atoms with van der Waals surface area (Å²) in [5, 5.41) is 5.69. The number of fused-ring (bicyclic) bond motifs is 1. The van der Waals surface area contributed by atoms with Gasteiger partial charge < -0.3 is 20.3 Å². The lowest BCUT2D eigenvalue weighted by Gasteiger charge is -2.39. The van der Waals surface area contributed by atoms with E-state index < -0.39 is 12.0 Å². The lowest BCUT2D eigenvalue weighted by Crippen LogP contribution is -2.44. The van der Waals surface area contributed by atoms with Crippen LogP contribution in [0.15, 0.2) is 72.8 Å². The van der Waals surface area contributed by atoms with Crippen LogP contribution >= 0.6 is 0 Å². The van der Waals surface area contributed by atoms with Gasteiger partial charge >= 0.3 is 0 Å². The standard InChI is InChI=1S/C26H25N3O4/c1-16(30)27-18-7-6-8-19(15-18)28-25(31)23-21-9-4-5-10-22(21)26(32)29(2)24(23)17-11-13-20(33-3)14-12-17/h4-15,23-24H,1-3H3,(H,27,30)(H,28,31)/t23-,24+/m0/s1. The lowest BCUT2D eigenvalue weighted by molar-refractivity contribution is -0.119. The number of nitrogens with zero attached hydrogens (tertiary/aromatic N) is 1. The fourth-order valence-corrected chi connectivity index (χ4v) is 4.27. The summed E-state index contributed by atoms with van der Waals surface area (Å²) in [6, 6.07) is 21.1. The Hall–Kier alpha value is -4.13. The maximum Gasteiger partial charge on any atom is 0.254 e. The number of likely N-dealkylation sites (N-methyl/N-ethyl adjacent to an activating group) is 1. The number of benzene rings is 3. The number of ether oxygens (including phenoxy) is 1. The Morgan fingerprint density at radius 3 is 2.24 bits per heavy atom. The van der Waals surface area contributed by atoms with Gasteiger partial charge in [-0.25, -0.2) is 0 Å². The van der Waals surface area contributed by atoms with Crippen molar-refractivity contribution in [1.82, 2.24) is 4.90 Å². The number of carbonyl (C=O) groups excluding carboxylic acids is 3. The number of anilines is 2. The molecule has 7 nitrogen and oxygen atoms in total. The predicted molar refractivity (Wildman–Crippen MR) is 126 cm³/mol. The molecule has 33 heavy (non-hydrogen) atoms. The Morgan fingerprint density at radius 2 is 1.58 bits per heavy atom. The van der Waals surface area contributed by atoms with Crippen molar-refractivity contribution in [3.05, 3.63) is 89.5 Å². The molecule has 2 atom stereocenters. The minimum absolute atomic E-state index is 0.136. The fourth-order valence-electron chi connectivity index (χ4n) is 4.27. The van der Waals surface area contributed by atoms with E-state index in [4.69, 9.17) is 4.74 Å². The zero-order valence-electron chi connectivity index (χ0n) is 18.7. The second kappa shape index (κ2) is 9.16. The van der Waals surface area contributed by atoms with E-state index in [1.54, 1.807) is 55.5 Å². The number of carbonyl (C=O) groups is 3. The van der Waals surface area contributed by atoms with Crippen molar-refractivity contribution in [2.45, 2.75) is 18.9 Å². The number of hydrogen-bond donors (Lipinski definition) is 2. The van der Waals surface area contributed by atoms with Crippen molar-refractivity contribution in [2.24, 2.45) is 0 Å². The molecule has 0 saturated carbocycles. The van der Waals surface area contributed by atoms with Crippen LogP contribution in [0.1, 0.15) is 40.4 Å². The average molecular weight is 444 g/mol. The van der Waals surface area contributed by atoms with Crippen LogP contribution in [0.2, 0.25) is 0 Å². The monoisotopic (exact) mass is 443 g/mol. The van der Waals surface area contributed by atoms with Gasteiger partial charge in [-0.2, -0.15) is 0 Å². The Kier molecular flexibility index (Phi) is 6.13. The third-order valence-electron chi connectivity index (χ3n) is 5.77. The molecule has 0 aromatic heterocycles. The van der Waals surface area contributed by atoms with Gasteiger partial charge in [0.2, 0.25) is 11.8 Å². The first-order valence-electron chi connectivity index (χ1n) is 10.6. The normalized spacial score (nSPS) is 17.2. The van der Waals surface area contributed by atoms with Gasteiger partial charge in [0.25, 0.3) is 5.91 Å². The van der Waals surface area contributed by atoms with Gasteiger partial charge in [-0.1, -0.05) is 36.4 Å². The number of hydrogen-bond acceptors (Lipinski definition) is 4. The SMILES string of the molecule is COc1ccc([C@@H]2[C@@H](C(=O)Nc3cccc(NC(C)=O)c3)c3ccccc3C(=O)N2C)cc1. The summed E-state index contributed by atoms with van der Waals surface area (Å²) >= 11 is 0. The number of rotatable bonds is 5. The first-order valence-corrected chi connectivity index (χ1v) is 10.6. The number of nitrogens with one attached hydrogen (secondary N) is 2. The zero-order valence-corrected chi connectivity index (χ0v) is 18.7. The quantitative estimate of drug-likeness (QED) is 0.619. The minimum Gasteiger partial charge on any atom is -0.497 e. The number of methoxy groups -OCH3 is 1. The molecule has 0 saturated heterocycles. The topological polar surface area (TPSA) is 87.7 Å². The molecule has 1 aliphatic heterocycles. The third kappa shape index (κ3) is 4.43. The molecule has 4 rings (SSSR count). The molecule has 3 aromatic carbocycles. The third-order valence-corrected chi connectivity index (χ3v) is 5.77. The van der Waals surface area contributed by atoms with Crippen molar-refractivity contribution in [3.63, 3.8) is 0 Å². The summed E-state index contributed by atoms with van der Waals surface area (Å²) in [6.45, 7) is 1.43. The van der Waals surface area contributed by atoms with Crippen molar-refractivity contribution in [3.8, 4) is 5.75 Å². The molecule has 3 amide bonds. The van der Waals surface area contributed by atoms with E-state index in [1.807, 2.05) is 36.4 Å². The molecule has 0 fully saturated rings. The summed E-state index contributed by atoms with van der Waals surface area (Å²) < 4.78 is 5.26. The second-order valence-corrected chi connectivity index (χ2v) is 7.95. The fraction of sp³-hybridized carbons (Fsp3) is 0.192. The molecule has 0 spiro atoms. The highest BCUT2D eigenvalue weighted by Gasteiger charge is 2.42. The molecule has 0 bridgehead atoms. The van der Waals surface area contributed by atoms with Crippen LogP contribution in [0, 0.1) is 0 Å². The summed E-state index contributed by atoms with van der Waals surface area (Å²) in [4.78, 5) is 39.8. The molecular weight excluding hydrogens is 418 g/mol. The van der Waals surface area contributed by atoms with Crippen LogP contribution in [0.3, 0.4) is 0 Å². The van der Waals surface area contributed by atoms with Gasteiger partial charge in [0.15, 0.2) is 0 Å². The van der Waals surface area contributed by atoms with E-state index in [2.05, 4.69) is 10.6 Å². The van der Waals surface area contributed by atoms with Gasteiger partial charge in [-0.3, -0.25) is 14.4 Å². The molecule has 168 valence electrons. The summed E-state index contributed by atoms with van der Waals surface area (Å²) in [5.41, 5.74) is 3.15. The van der Waals surface area contributed by atoms with Crippen molar-refractivity contribution in [2.75, 3.05) is 24.8 Å². The van der Waals surface area contributed by atoms with E-state index in [9.17, 15) is 14.4 Å². The minimum atomic E-state index is -0.637. The highest BCUT2D eigenvalue weighted by molar-refractivity contribution is 6.04. The molecule has 1 aliphatic rings. The first-order chi connectivity index (χ1) is 15.9. The largest absolute Gasteiger partial charge is 0.497 e. The highest BCUT2D eigenvalue weighted by atomic mass is 16.5. The van der Waals surface area contributed by atoms with E-state index in [-0.39, 0.29) is 17.7 Å². The van der Waals surface area contributed by atoms with Crippen molar-refractivity contribution in [1.29, 1.82) is 0 Å². The maximum absolute atomic E-state index is 13.7. The Morgan fingerprint density at radius 1 is 0.909 bits per heavy atom. The Labute approximate surface area is 192 Å². The predicted octanol–water partition coefficient (Wildman–Crippen LogP) is 4.20. The van der Waals surface area contributed by atoms with Crippen LogP contribution in [-0.2, 0) is 9.59 Å². The second-order valence-electron chi connectivity index (χ2n) is 7.95. The van der Waals surface area contributed by atoms with Gasteiger partial charge in [-0.05, 0) is 47.5 Å². The average Bonchev–Trinajstić information content (AvgIpc) is 2.81. The molecule has 0 radical (unpaired) electrons. The Balaban J connectivity index is 1.74. The van der Waals surface area contributed by atoms with Crippen LogP contribution < -0.4 is 15.4 Å². The van der Waals surface area contributed by atoms with E-state index >= 15 is 0 Å². The van der Waals surface area contributed by atoms with E-state index in [0.717, 1.165) is 5.56 Å². The smallest absolute Gasteiger partial charge is 0.254 e. The van der Waals surface area contributed by atoms with Gasteiger partial charge in [-0.15, -0.1) is 0 Å². The lowest BCUT2D eigenvalue weighted by atomic mass is 9.79. The van der Waals surface area contributed by atoms with Crippen molar-refractivity contribution >= 4 is 29.1 Å². The number of amides is 3. The highest BCUT2D eigenvalue weighted by Crippen LogP contribution is 2.42. The van der Waals surface area contributed by atoms with E-state index in [0.29, 0.717) is 28.3 Å². The summed E-state index contributed by atoms with van der Waals surface area (Å²) in [6.07, 6.45) is 0. The molecule has 2 N–H and O–H groups in total. The summed E-state index contributed by atoms with van der Waals surface area (Å²) in [5.74, 6) is -0.522. The first kappa shape index (κ1) is 22.1. The molecule has 1 heterocycles. The van der Waals surface area contributed by atoms with Crippen LogP contribution in [0.25, 0.3) is 0 Å². The molecule has 3 aromatic rings.